The second kappa shape index (κ2) is 8.51. The van der Waals surface area contributed by atoms with Crippen LogP contribution < -0.4 is 20.3 Å². The van der Waals surface area contributed by atoms with Crippen LogP contribution in [-0.2, 0) is 21.2 Å². The van der Waals surface area contributed by atoms with Crippen molar-refractivity contribution in [2.45, 2.75) is 32.1 Å². The van der Waals surface area contributed by atoms with E-state index in [2.05, 4.69) is 15.6 Å². The average Bonchev–Trinajstić information content (AvgIpc) is 3.00. The van der Waals surface area contributed by atoms with Gasteiger partial charge in [-0.1, -0.05) is 6.92 Å². The van der Waals surface area contributed by atoms with Crippen LogP contribution in [0.4, 0.5) is 5.69 Å². The fourth-order valence-electron chi connectivity index (χ4n) is 2.35. The molecule has 0 bridgehead atoms. The minimum Gasteiger partial charge on any atom is -0.495 e. The van der Waals surface area contributed by atoms with Crippen molar-refractivity contribution in [3.63, 3.8) is 0 Å². The molecular formula is C17H21N3O5S2. The number of hydrogen-bond acceptors (Lipinski definition) is 6. The van der Waals surface area contributed by atoms with Crippen molar-refractivity contribution in [3.8, 4) is 5.75 Å². The number of carbonyl (C=O) groups is 2. The second-order valence-electron chi connectivity index (χ2n) is 5.67. The Morgan fingerprint density at radius 2 is 1.93 bits per heavy atom. The lowest BCUT2D eigenvalue weighted by atomic mass is 10.2. The third-order valence-electron chi connectivity index (χ3n) is 3.66. The summed E-state index contributed by atoms with van der Waals surface area (Å²) >= 11 is 1.32. The van der Waals surface area contributed by atoms with Gasteiger partial charge in [-0.3, -0.25) is 15.0 Å². The maximum absolute atomic E-state index is 12.4. The first kappa shape index (κ1) is 20.9. The molecule has 3 N–H and O–H groups in total. The smallest absolute Gasteiger partial charge is 0.276 e. The second-order valence-corrected chi connectivity index (χ2v) is 8.49. The van der Waals surface area contributed by atoms with Gasteiger partial charge >= 0.3 is 0 Å². The van der Waals surface area contributed by atoms with Gasteiger partial charge in [0.15, 0.2) is 0 Å². The molecule has 1 aromatic heterocycles. The van der Waals surface area contributed by atoms with Gasteiger partial charge < -0.3 is 10.1 Å². The monoisotopic (exact) mass is 411 g/mol. The summed E-state index contributed by atoms with van der Waals surface area (Å²) in [6.45, 7) is 5.22. The summed E-state index contributed by atoms with van der Waals surface area (Å²) in [6.07, 6.45) is 0.802. The van der Waals surface area contributed by atoms with Gasteiger partial charge in [-0.15, -0.1) is 16.2 Å². The van der Waals surface area contributed by atoms with Gasteiger partial charge in [0.05, 0.1) is 22.6 Å². The van der Waals surface area contributed by atoms with Crippen LogP contribution in [0.25, 0.3) is 0 Å². The number of sulfonamides is 1. The van der Waals surface area contributed by atoms with E-state index in [9.17, 15) is 18.0 Å². The Bertz CT molecular complexity index is 967. The number of aryl methyl sites for hydroxylation is 2. The largest absolute Gasteiger partial charge is 0.495 e. The quantitative estimate of drug-likeness (QED) is 0.605. The van der Waals surface area contributed by atoms with Crippen LogP contribution in [-0.4, -0.2) is 27.3 Å². The van der Waals surface area contributed by atoms with Crippen molar-refractivity contribution in [1.29, 1.82) is 0 Å². The molecule has 2 amide bonds. The normalized spacial score (nSPS) is 11.1. The molecule has 2 rings (SSSR count). The minimum absolute atomic E-state index is 0.120. The molecule has 0 saturated carbocycles. The zero-order valence-electron chi connectivity index (χ0n) is 15.4. The van der Waals surface area contributed by atoms with Crippen LogP contribution in [0.3, 0.4) is 0 Å². The van der Waals surface area contributed by atoms with Crippen molar-refractivity contribution < 1.29 is 22.7 Å². The third-order valence-corrected chi connectivity index (χ3v) is 6.28. The molecule has 1 aromatic carbocycles. The Morgan fingerprint density at radius 3 is 2.48 bits per heavy atom. The van der Waals surface area contributed by atoms with Crippen molar-refractivity contribution in [1.82, 2.24) is 10.3 Å². The molecule has 0 atom stereocenters. The first-order valence-electron chi connectivity index (χ1n) is 8.05. The van der Waals surface area contributed by atoms with Crippen LogP contribution in [0.15, 0.2) is 29.2 Å². The molecule has 0 aliphatic rings. The highest BCUT2D eigenvalue weighted by Crippen LogP contribution is 2.27. The van der Waals surface area contributed by atoms with Crippen LogP contribution in [0.5, 0.6) is 5.75 Å². The number of hydrogen-bond donors (Lipinski definition) is 3. The van der Waals surface area contributed by atoms with Gasteiger partial charge in [0, 0.05) is 17.9 Å². The molecule has 0 aliphatic carbocycles. The summed E-state index contributed by atoms with van der Waals surface area (Å²) in [4.78, 5) is 26.8. The summed E-state index contributed by atoms with van der Waals surface area (Å²) in [5.74, 6) is -0.666. The Balaban J connectivity index is 2.15. The fraction of sp³-hybridized carbons (Fsp3) is 0.294. The topological polar surface area (TPSA) is 114 Å². The van der Waals surface area contributed by atoms with Crippen molar-refractivity contribution in [2.75, 3.05) is 12.4 Å². The number of ether oxygens (including phenoxy) is 1. The number of nitrogens with one attached hydrogen (secondary N) is 3. The Kier molecular flexibility index (Phi) is 6.58. The van der Waals surface area contributed by atoms with E-state index in [1.54, 1.807) is 6.07 Å². The average molecular weight is 412 g/mol. The number of hydrazine groups is 1. The maximum Gasteiger partial charge on any atom is 0.276 e. The molecule has 146 valence electrons. The van der Waals surface area contributed by atoms with E-state index in [-0.39, 0.29) is 16.6 Å². The highest BCUT2D eigenvalue weighted by atomic mass is 32.2. The van der Waals surface area contributed by atoms with Crippen molar-refractivity contribution in [2.24, 2.45) is 0 Å². The maximum atomic E-state index is 12.4. The summed E-state index contributed by atoms with van der Waals surface area (Å²) in [5, 5.41) is 2.54. The van der Waals surface area contributed by atoms with E-state index < -0.39 is 15.9 Å². The zero-order chi connectivity index (χ0) is 20.2. The number of methoxy groups -OCH3 is 1. The summed E-state index contributed by atoms with van der Waals surface area (Å²) in [7, 11) is -2.66. The molecule has 27 heavy (non-hydrogen) atoms. The van der Waals surface area contributed by atoms with E-state index in [1.165, 1.54) is 43.6 Å². The van der Waals surface area contributed by atoms with Crippen LogP contribution in [0.2, 0.25) is 0 Å². The molecule has 8 nitrogen and oxygen atoms in total. The van der Waals surface area contributed by atoms with Gasteiger partial charge in [-0.2, -0.15) is 0 Å². The molecule has 0 spiro atoms. The molecule has 10 heteroatoms. The highest BCUT2D eigenvalue weighted by Gasteiger charge is 2.19. The minimum atomic E-state index is -4.02. The van der Waals surface area contributed by atoms with Crippen LogP contribution >= 0.6 is 11.3 Å². The molecule has 0 fully saturated rings. The molecule has 0 saturated heterocycles. The molecule has 0 radical (unpaired) electrons. The summed E-state index contributed by atoms with van der Waals surface area (Å²) < 4.78 is 30.0. The molecular weight excluding hydrogens is 390 g/mol. The number of carbonyl (C=O) groups excluding carboxylic acids is 2. The Labute approximate surface area is 162 Å². The van der Waals surface area contributed by atoms with Gasteiger partial charge in [0.25, 0.3) is 15.9 Å². The highest BCUT2D eigenvalue weighted by molar-refractivity contribution is 7.89. The SMILES string of the molecule is CCc1sc(C(=O)NNS(=O)(=O)c2ccc(NC(C)=O)c(OC)c2)cc1C. The van der Waals surface area contributed by atoms with Gasteiger partial charge in [0.2, 0.25) is 5.91 Å². The zero-order valence-corrected chi connectivity index (χ0v) is 17.0. The first-order valence-corrected chi connectivity index (χ1v) is 10.3. The summed E-state index contributed by atoms with van der Waals surface area (Å²) in [6, 6.07) is 5.68. The van der Waals surface area contributed by atoms with Gasteiger partial charge in [0.1, 0.15) is 5.75 Å². The number of rotatable bonds is 7. The van der Waals surface area contributed by atoms with E-state index in [1.807, 2.05) is 13.8 Å². The third kappa shape index (κ3) is 5.06. The fourth-order valence-corrected chi connectivity index (χ4v) is 4.21. The standard InChI is InChI=1S/C17H21N3O5S2/c1-5-15-10(2)8-16(26-15)17(22)19-20-27(23,24)12-6-7-13(18-11(3)21)14(9-12)25-4/h6-9,20H,5H2,1-4H3,(H,18,21)(H,19,22). The predicted molar refractivity (Wildman–Crippen MR) is 104 cm³/mol. The molecule has 2 aromatic rings. The van der Waals surface area contributed by atoms with Crippen molar-refractivity contribution >= 4 is 38.9 Å². The van der Waals surface area contributed by atoms with E-state index >= 15 is 0 Å². The first-order chi connectivity index (χ1) is 12.7. The number of anilines is 1. The van der Waals surface area contributed by atoms with Crippen LogP contribution in [0, 0.1) is 6.92 Å². The molecule has 0 unspecified atom stereocenters. The lowest BCUT2D eigenvalue weighted by Crippen LogP contribution is -2.41. The summed E-state index contributed by atoms with van der Waals surface area (Å²) in [5.41, 5.74) is 3.55. The lowest BCUT2D eigenvalue weighted by Gasteiger charge is -2.12. The number of thiophene rings is 1. The lowest BCUT2D eigenvalue weighted by molar-refractivity contribution is -0.114. The number of benzene rings is 1. The van der Waals surface area contributed by atoms with Crippen molar-refractivity contribution in [3.05, 3.63) is 39.6 Å². The Morgan fingerprint density at radius 1 is 1.22 bits per heavy atom. The Hall–Kier alpha value is -2.43. The van der Waals surface area contributed by atoms with E-state index in [0.717, 1.165) is 16.9 Å². The number of amides is 2. The molecule has 0 aliphatic heterocycles. The van der Waals surface area contributed by atoms with E-state index in [0.29, 0.717) is 10.6 Å². The predicted octanol–water partition coefficient (Wildman–Crippen LogP) is 2.21. The molecule has 1 heterocycles. The van der Waals surface area contributed by atoms with Crippen LogP contribution in [0.1, 0.15) is 34.0 Å². The van der Waals surface area contributed by atoms with Gasteiger partial charge in [-0.05, 0) is 37.1 Å². The van der Waals surface area contributed by atoms with Gasteiger partial charge in [-0.25, -0.2) is 8.42 Å². The van der Waals surface area contributed by atoms with E-state index in [4.69, 9.17) is 4.74 Å².